The van der Waals surface area contributed by atoms with Crippen LogP contribution in [-0.4, -0.2) is 15.0 Å². The highest BCUT2D eigenvalue weighted by Crippen LogP contribution is 2.44. The van der Waals surface area contributed by atoms with E-state index in [9.17, 15) is 0 Å². The molecule has 0 radical (unpaired) electrons. The highest BCUT2D eigenvalue weighted by atomic mass is 14.9. The average molecular weight is 548 g/mol. The van der Waals surface area contributed by atoms with Gasteiger partial charge < -0.3 is 4.98 Å². The first-order valence-electron chi connectivity index (χ1n) is 14.6. The van der Waals surface area contributed by atoms with E-state index in [4.69, 9.17) is 9.97 Å². The Bertz CT molecular complexity index is 2440. The summed E-state index contributed by atoms with van der Waals surface area (Å²) in [5, 5.41) is 9.73. The van der Waals surface area contributed by atoms with E-state index in [1.807, 2.05) is 12.1 Å². The number of aromatic nitrogens is 3. The van der Waals surface area contributed by atoms with Crippen LogP contribution in [-0.2, 0) is 0 Å². The molecule has 0 saturated heterocycles. The zero-order valence-corrected chi connectivity index (χ0v) is 23.3. The molecular formula is C40H25N3. The van der Waals surface area contributed by atoms with Crippen LogP contribution in [0.25, 0.3) is 88.0 Å². The van der Waals surface area contributed by atoms with Crippen LogP contribution in [0.3, 0.4) is 0 Å². The topological polar surface area (TPSA) is 41.6 Å². The lowest BCUT2D eigenvalue weighted by Gasteiger charge is -2.15. The largest absolute Gasteiger partial charge is 0.354 e. The predicted octanol–water partition coefficient (Wildman–Crippen LogP) is 10.6. The Morgan fingerprint density at radius 3 is 1.60 bits per heavy atom. The molecular weight excluding hydrogens is 522 g/mol. The molecule has 7 aromatic carbocycles. The summed E-state index contributed by atoms with van der Waals surface area (Å²) in [4.78, 5) is 14.2. The van der Waals surface area contributed by atoms with Gasteiger partial charge in [0.1, 0.15) is 0 Å². The molecule has 0 fully saturated rings. The SMILES string of the molecule is c1ccc(-c2cc(-c3ccccc3)nc(-c3cc4c5ccccc5c5[nH]c6ccccc6c5c4c4ccccc34)n2)cc1. The van der Waals surface area contributed by atoms with Gasteiger partial charge in [-0.2, -0.15) is 0 Å². The van der Waals surface area contributed by atoms with E-state index in [1.54, 1.807) is 0 Å². The highest BCUT2D eigenvalue weighted by Gasteiger charge is 2.20. The van der Waals surface area contributed by atoms with Crippen LogP contribution in [0.5, 0.6) is 0 Å². The van der Waals surface area contributed by atoms with E-state index in [0.717, 1.165) is 44.8 Å². The van der Waals surface area contributed by atoms with Crippen molar-refractivity contribution in [2.75, 3.05) is 0 Å². The maximum atomic E-state index is 5.22. The summed E-state index contributed by atoms with van der Waals surface area (Å²) in [5.41, 5.74) is 7.31. The summed E-state index contributed by atoms with van der Waals surface area (Å²) < 4.78 is 0. The zero-order chi connectivity index (χ0) is 28.3. The summed E-state index contributed by atoms with van der Waals surface area (Å²) in [7, 11) is 0. The normalized spacial score (nSPS) is 11.7. The molecule has 3 heteroatoms. The van der Waals surface area contributed by atoms with Crippen molar-refractivity contribution >= 4 is 54.1 Å². The molecule has 9 aromatic rings. The van der Waals surface area contributed by atoms with Crippen LogP contribution in [0.4, 0.5) is 0 Å². The number of H-pyrrole nitrogens is 1. The number of hydrogen-bond donors (Lipinski definition) is 1. The average Bonchev–Trinajstić information content (AvgIpc) is 3.48. The van der Waals surface area contributed by atoms with Crippen LogP contribution in [0.2, 0.25) is 0 Å². The molecule has 9 rings (SSSR count). The molecule has 0 aliphatic heterocycles. The van der Waals surface area contributed by atoms with Gasteiger partial charge in [-0.05, 0) is 39.7 Å². The number of aromatic amines is 1. The number of hydrogen-bond acceptors (Lipinski definition) is 2. The second-order valence-electron chi connectivity index (χ2n) is 11.1. The second-order valence-corrected chi connectivity index (χ2v) is 11.1. The predicted molar refractivity (Wildman–Crippen MR) is 180 cm³/mol. The number of rotatable bonds is 3. The fourth-order valence-corrected chi connectivity index (χ4v) is 6.66. The Morgan fingerprint density at radius 2 is 0.930 bits per heavy atom. The quantitative estimate of drug-likeness (QED) is 0.224. The van der Waals surface area contributed by atoms with Gasteiger partial charge in [-0.1, -0.05) is 127 Å². The first kappa shape index (κ1) is 23.9. The van der Waals surface area contributed by atoms with E-state index in [1.165, 1.54) is 43.2 Å². The lowest BCUT2D eigenvalue weighted by Crippen LogP contribution is -1.97. The van der Waals surface area contributed by atoms with E-state index < -0.39 is 0 Å². The van der Waals surface area contributed by atoms with Gasteiger partial charge in [-0.3, -0.25) is 0 Å². The lowest BCUT2D eigenvalue weighted by atomic mass is 9.90. The van der Waals surface area contributed by atoms with Crippen molar-refractivity contribution in [3.8, 4) is 33.9 Å². The molecule has 0 aliphatic carbocycles. The number of benzene rings is 7. The first-order valence-corrected chi connectivity index (χ1v) is 14.6. The smallest absolute Gasteiger partial charge is 0.161 e. The van der Waals surface area contributed by atoms with Gasteiger partial charge in [0.15, 0.2) is 5.82 Å². The monoisotopic (exact) mass is 547 g/mol. The van der Waals surface area contributed by atoms with Gasteiger partial charge in [0.05, 0.1) is 16.9 Å². The molecule has 3 nitrogen and oxygen atoms in total. The minimum absolute atomic E-state index is 0.724. The van der Waals surface area contributed by atoms with Crippen LogP contribution in [0, 0.1) is 0 Å². The molecule has 0 saturated carbocycles. The standard InChI is InChI=1S/C40H25N3/c1-3-13-25(14-4-1)35-24-36(26-15-5-2-6-16-26)43-40(42-35)33-23-32-28-18-8-10-20-30(28)39-38(31-21-11-12-22-34(31)41-39)37(32)29-19-9-7-17-27(29)33/h1-24,41H. The number of fused-ring (bicyclic) bond motifs is 10. The molecule has 2 heterocycles. The molecule has 0 atom stereocenters. The summed E-state index contributed by atoms with van der Waals surface area (Å²) in [6, 6.07) is 51.2. The van der Waals surface area contributed by atoms with E-state index in [0.29, 0.717) is 0 Å². The van der Waals surface area contributed by atoms with Crippen molar-refractivity contribution in [3.05, 3.63) is 146 Å². The zero-order valence-electron chi connectivity index (χ0n) is 23.3. The summed E-state index contributed by atoms with van der Waals surface area (Å²) >= 11 is 0. The van der Waals surface area contributed by atoms with E-state index in [-0.39, 0.29) is 0 Å². The van der Waals surface area contributed by atoms with Gasteiger partial charge >= 0.3 is 0 Å². The first-order chi connectivity index (χ1) is 21.3. The van der Waals surface area contributed by atoms with Crippen LogP contribution >= 0.6 is 0 Å². The minimum atomic E-state index is 0.724. The maximum Gasteiger partial charge on any atom is 0.161 e. The number of nitrogens with one attached hydrogen (secondary N) is 1. The van der Waals surface area contributed by atoms with Crippen molar-refractivity contribution in [1.29, 1.82) is 0 Å². The van der Waals surface area contributed by atoms with E-state index >= 15 is 0 Å². The van der Waals surface area contributed by atoms with Crippen molar-refractivity contribution in [2.24, 2.45) is 0 Å². The molecule has 200 valence electrons. The van der Waals surface area contributed by atoms with Gasteiger partial charge in [0.25, 0.3) is 0 Å². The van der Waals surface area contributed by atoms with Gasteiger partial charge in [-0.15, -0.1) is 0 Å². The summed E-state index contributed by atoms with van der Waals surface area (Å²) in [6.07, 6.45) is 0. The van der Waals surface area contributed by atoms with Crippen molar-refractivity contribution in [1.82, 2.24) is 15.0 Å². The Morgan fingerprint density at radius 1 is 0.395 bits per heavy atom. The summed E-state index contributed by atoms with van der Waals surface area (Å²) in [5.74, 6) is 0.724. The third kappa shape index (κ3) is 3.68. The van der Waals surface area contributed by atoms with Crippen molar-refractivity contribution < 1.29 is 0 Å². The second kappa shape index (κ2) is 9.37. The fraction of sp³-hybridized carbons (Fsp3) is 0. The Labute approximate surface area is 248 Å². The molecule has 1 N–H and O–H groups in total. The van der Waals surface area contributed by atoms with Crippen molar-refractivity contribution in [3.63, 3.8) is 0 Å². The van der Waals surface area contributed by atoms with Crippen LogP contribution < -0.4 is 0 Å². The lowest BCUT2D eigenvalue weighted by molar-refractivity contribution is 1.19. The minimum Gasteiger partial charge on any atom is -0.354 e. The number of nitrogens with zero attached hydrogens (tertiary/aromatic N) is 2. The molecule has 43 heavy (non-hydrogen) atoms. The Hall–Kier alpha value is -5.80. The highest BCUT2D eigenvalue weighted by molar-refractivity contribution is 6.37. The third-order valence-corrected chi connectivity index (χ3v) is 8.59. The molecule has 0 spiro atoms. The van der Waals surface area contributed by atoms with Gasteiger partial charge in [-0.25, -0.2) is 9.97 Å². The van der Waals surface area contributed by atoms with Crippen LogP contribution in [0.1, 0.15) is 0 Å². The molecule has 0 unspecified atom stereocenters. The van der Waals surface area contributed by atoms with Gasteiger partial charge in [0, 0.05) is 43.8 Å². The number of para-hydroxylation sites is 1. The maximum absolute atomic E-state index is 5.22. The molecule has 0 aliphatic rings. The fourth-order valence-electron chi connectivity index (χ4n) is 6.66. The molecule has 0 amide bonds. The Kier molecular flexibility index (Phi) is 5.20. The van der Waals surface area contributed by atoms with Crippen LogP contribution in [0.15, 0.2) is 146 Å². The third-order valence-electron chi connectivity index (χ3n) is 8.59. The van der Waals surface area contributed by atoms with E-state index in [2.05, 4.69) is 138 Å². The molecule has 0 bridgehead atoms. The summed E-state index contributed by atoms with van der Waals surface area (Å²) in [6.45, 7) is 0. The van der Waals surface area contributed by atoms with Crippen molar-refractivity contribution in [2.45, 2.75) is 0 Å². The van der Waals surface area contributed by atoms with Gasteiger partial charge in [0.2, 0.25) is 0 Å². The Balaban J connectivity index is 1.45. The molecule has 2 aromatic heterocycles.